The van der Waals surface area contributed by atoms with E-state index in [4.69, 9.17) is 4.74 Å². The number of hydrogen-bond acceptors (Lipinski definition) is 5. The zero-order chi connectivity index (χ0) is 15.8. The molecule has 2 unspecified atom stereocenters. The van der Waals surface area contributed by atoms with Crippen molar-refractivity contribution < 1.29 is 17.9 Å². The number of carbonyl (C=O) groups is 1. The first-order valence-corrected chi connectivity index (χ1v) is 10.0. The van der Waals surface area contributed by atoms with Crippen molar-refractivity contribution in [3.05, 3.63) is 0 Å². The van der Waals surface area contributed by atoms with Crippen molar-refractivity contribution in [2.75, 3.05) is 37.8 Å². The fourth-order valence-corrected chi connectivity index (χ4v) is 5.60. The Hall–Kier alpha value is -0.660. The Morgan fingerprint density at radius 3 is 2.68 bits per heavy atom. The zero-order valence-electron chi connectivity index (χ0n) is 13.2. The molecule has 3 fully saturated rings. The minimum atomic E-state index is -3.00. The second-order valence-corrected chi connectivity index (χ2v) is 9.53. The number of nitrogens with one attached hydrogen (secondary N) is 1. The van der Waals surface area contributed by atoms with E-state index in [9.17, 15) is 13.2 Å². The SMILES string of the molecule is CC1(NC(=O)CN(CC2CCOC2)C2CC2)CCS(=O)(=O)C1. The van der Waals surface area contributed by atoms with Gasteiger partial charge in [0.05, 0.1) is 30.2 Å². The van der Waals surface area contributed by atoms with Crippen molar-refractivity contribution >= 4 is 15.7 Å². The van der Waals surface area contributed by atoms with Crippen LogP contribution < -0.4 is 5.32 Å². The predicted molar refractivity (Wildman–Crippen MR) is 83.3 cm³/mol. The molecule has 0 spiro atoms. The van der Waals surface area contributed by atoms with E-state index in [2.05, 4.69) is 10.2 Å². The molecule has 0 aromatic heterocycles. The minimum Gasteiger partial charge on any atom is -0.381 e. The summed E-state index contributed by atoms with van der Waals surface area (Å²) in [5, 5.41) is 2.96. The van der Waals surface area contributed by atoms with Gasteiger partial charge in [0.1, 0.15) is 0 Å². The second kappa shape index (κ2) is 6.09. The van der Waals surface area contributed by atoms with Crippen LogP contribution in [-0.2, 0) is 19.4 Å². The first-order valence-electron chi connectivity index (χ1n) is 8.18. The van der Waals surface area contributed by atoms with Crippen LogP contribution in [-0.4, -0.2) is 68.6 Å². The highest BCUT2D eigenvalue weighted by Crippen LogP contribution is 2.29. The molecule has 0 radical (unpaired) electrons. The Morgan fingerprint density at radius 2 is 2.14 bits per heavy atom. The highest BCUT2D eigenvalue weighted by molar-refractivity contribution is 7.91. The summed E-state index contributed by atoms with van der Waals surface area (Å²) in [5.41, 5.74) is -0.596. The zero-order valence-corrected chi connectivity index (χ0v) is 14.0. The molecule has 6 nitrogen and oxygen atoms in total. The molecule has 3 aliphatic rings. The van der Waals surface area contributed by atoms with Crippen LogP contribution in [0.1, 0.15) is 32.6 Å². The lowest BCUT2D eigenvalue weighted by atomic mass is 10.0. The number of nitrogens with zero attached hydrogens (tertiary/aromatic N) is 1. The van der Waals surface area contributed by atoms with Crippen molar-refractivity contribution in [1.82, 2.24) is 10.2 Å². The van der Waals surface area contributed by atoms with Crippen LogP contribution in [0.2, 0.25) is 0 Å². The number of hydrogen-bond donors (Lipinski definition) is 1. The van der Waals surface area contributed by atoms with Crippen LogP contribution in [0.5, 0.6) is 0 Å². The molecule has 0 bridgehead atoms. The van der Waals surface area contributed by atoms with Gasteiger partial charge in [-0.25, -0.2) is 8.42 Å². The highest BCUT2D eigenvalue weighted by Gasteiger charge is 2.40. The van der Waals surface area contributed by atoms with E-state index in [1.807, 2.05) is 6.92 Å². The molecule has 2 aliphatic heterocycles. The maximum Gasteiger partial charge on any atom is 0.234 e. The van der Waals surface area contributed by atoms with Crippen LogP contribution in [0, 0.1) is 5.92 Å². The number of amides is 1. The molecule has 2 heterocycles. The van der Waals surface area contributed by atoms with Crippen LogP contribution in [0.25, 0.3) is 0 Å². The summed E-state index contributed by atoms with van der Waals surface area (Å²) in [6, 6.07) is 0.520. The van der Waals surface area contributed by atoms with Gasteiger partial charge in [-0.15, -0.1) is 0 Å². The second-order valence-electron chi connectivity index (χ2n) is 7.34. The molecular weight excluding hydrogens is 304 g/mol. The van der Waals surface area contributed by atoms with Gasteiger partial charge >= 0.3 is 0 Å². The Balaban J connectivity index is 1.52. The van der Waals surface area contributed by atoms with E-state index in [0.29, 0.717) is 24.9 Å². The van der Waals surface area contributed by atoms with E-state index >= 15 is 0 Å². The summed E-state index contributed by atoms with van der Waals surface area (Å²) in [4.78, 5) is 14.6. The molecule has 1 N–H and O–H groups in total. The Kier molecular flexibility index (Phi) is 4.49. The summed E-state index contributed by atoms with van der Waals surface area (Å²) in [7, 11) is -3.00. The van der Waals surface area contributed by atoms with Crippen molar-refractivity contribution in [3.8, 4) is 0 Å². The van der Waals surface area contributed by atoms with E-state index < -0.39 is 15.4 Å². The number of carbonyl (C=O) groups excluding carboxylic acids is 1. The van der Waals surface area contributed by atoms with E-state index in [0.717, 1.165) is 39.0 Å². The largest absolute Gasteiger partial charge is 0.381 e. The summed E-state index contributed by atoms with van der Waals surface area (Å²) < 4.78 is 28.7. The summed E-state index contributed by atoms with van der Waals surface area (Å²) in [5.74, 6) is 0.711. The highest BCUT2D eigenvalue weighted by atomic mass is 32.2. The number of ether oxygens (including phenoxy) is 1. The van der Waals surface area contributed by atoms with Crippen LogP contribution in [0.3, 0.4) is 0 Å². The lowest BCUT2D eigenvalue weighted by Gasteiger charge is -2.28. The maximum atomic E-state index is 12.4. The van der Waals surface area contributed by atoms with Gasteiger partial charge in [0.2, 0.25) is 5.91 Å². The fraction of sp³-hybridized carbons (Fsp3) is 0.933. The van der Waals surface area contributed by atoms with E-state index in [-0.39, 0.29) is 17.4 Å². The summed E-state index contributed by atoms with van der Waals surface area (Å²) >= 11 is 0. The summed E-state index contributed by atoms with van der Waals surface area (Å²) in [6.07, 6.45) is 3.90. The first-order chi connectivity index (χ1) is 10.4. The molecule has 1 amide bonds. The molecule has 7 heteroatoms. The molecular formula is C15H26N2O4S. The van der Waals surface area contributed by atoms with Crippen LogP contribution in [0.15, 0.2) is 0 Å². The molecule has 22 heavy (non-hydrogen) atoms. The van der Waals surface area contributed by atoms with Gasteiger partial charge in [-0.2, -0.15) is 0 Å². The molecule has 0 aromatic carbocycles. The third kappa shape index (κ3) is 4.20. The van der Waals surface area contributed by atoms with Gasteiger partial charge in [-0.1, -0.05) is 0 Å². The Bertz CT molecular complexity index is 526. The van der Waals surface area contributed by atoms with Crippen molar-refractivity contribution in [1.29, 1.82) is 0 Å². The fourth-order valence-electron chi connectivity index (χ4n) is 3.51. The van der Waals surface area contributed by atoms with Gasteiger partial charge in [0.15, 0.2) is 9.84 Å². The van der Waals surface area contributed by atoms with Gasteiger partial charge in [0.25, 0.3) is 0 Å². The number of rotatable bonds is 6. The van der Waals surface area contributed by atoms with Crippen molar-refractivity contribution in [2.45, 2.75) is 44.2 Å². The maximum absolute atomic E-state index is 12.4. The predicted octanol–water partition coefficient (Wildman–Crippen LogP) is 0.181. The lowest BCUT2D eigenvalue weighted by molar-refractivity contribution is -0.124. The van der Waals surface area contributed by atoms with Gasteiger partial charge in [-0.05, 0) is 38.5 Å². The average molecular weight is 330 g/mol. The first kappa shape index (κ1) is 16.2. The molecule has 2 atom stereocenters. The third-order valence-electron chi connectivity index (χ3n) is 4.87. The van der Waals surface area contributed by atoms with Gasteiger partial charge in [0, 0.05) is 19.2 Å². The molecule has 3 rings (SSSR count). The quantitative estimate of drug-likeness (QED) is 0.752. The van der Waals surface area contributed by atoms with Crippen molar-refractivity contribution in [3.63, 3.8) is 0 Å². The molecule has 0 aromatic rings. The van der Waals surface area contributed by atoms with Gasteiger partial charge in [-0.3, -0.25) is 9.69 Å². The summed E-state index contributed by atoms with van der Waals surface area (Å²) in [6.45, 7) is 4.73. The molecule has 126 valence electrons. The molecule has 2 saturated heterocycles. The third-order valence-corrected chi connectivity index (χ3v) is 6.77. The van der Waals surface area contributed by atoms with E-state index in [1.54, 1.807) is 0 Å². The minimum absolute atomic E-state index is 0.0505. The normalized spacial score (nSPS) is 34.2. The molecule has 1 aliphatic carbocycles. The smallest absolute Gasteiger partial charge is 0.234 e. The molecule has 1 saturated carbocycles. The standard InChI is InChI=1S/C15H26N2O4S/c1-15(5-7-22(19,20)11-15)16-14(18)9-17(13-2-3-13)8-12-4-6-21-10-12/h12-13H,2-11H2,1H3,(H,16,18). The topological polar surface area (TPSA) is 75.7 Å². The Labute approximate surface area is 132 Å². The average Bonchev–Trinajstić information content (AvgIpc) is 3.06. The van der Waals surface area contributed by atoms with Crippen LogP contribution in [0.4, 0.5) is 0 Å². The van der Waals surface area contributed by atoms with Crippen molar-refractivity contribution in [2.24, 2.45) is 5.92 Å². The van der Waals surface area contributed by atoms with Gasteiger partial charge < -0.3 is 10.1 Å². The monoisotopic (exact) mass is 330 g/mol. The number of sulfone groups is 1. The Morgan fingerprint density at radius 1 is 1.36 bits per heavy atom. The van der Waals surface area contributed by atoms with Crippen LogP contribution >= 0.6 is 0 Å². The van der Waals surface area contributed by atoms with E-state index in [1.165, 1.54) is 0 Å². The lowest BCUT2D eigenvalue weighted by Crippen LogP contribution is -2.51.